The summed E-state index contributed by atoms with van der Waals surface area (Å²) in [4.78, 5) is 2.30. The fraction of sp³-hybridized carbons (Fsp3) is 0. The molecule has 21 heavy (non-hydrogen) atoms. The fourth-order valence-electron chi connectivity index (χ4n) is 2.25. The van der Waals surface area contributed by atoms with Gasteiger partial charge in [-0.15, -0.1) is 0 Å². The number of hydrogen-bond donors (Lipinski definition) is 0. The molecule has 0 heterocycles. The highest BCUT2D eigenvalue weighted by Crippen LogP contribution is 2.38. The third-order valence-corrected chi connectivity index (χ3v) is 6.27. The van der Waals surface area contributed by atoms with E-state index >= 15 is 0 Å². The molecule has 0 radical (unpaired) electrons. The molecule has 0 saturated carbocycles. The van der Waals surface area contributed by atoms with Crippen molar-refractivity contribution >= 4 is 62.2 Å². The maximum Gasteiger partial charge on any atom is 0.0605 e. The van der Waals surface area contributed by atoms with Crippen LogP contribution in [-0.4, -0.2) is 0 Å². The van der Waals surface area contributed by atoms with E-state index in [1.54, 1.807) is 0 Å². The minimum atomic E-state index is 1.17. The van der Waals surface area contributed by atoms with Gasteiger partial charge < -0.3 is 4.90 Å². The Labute approximate surface area is 152 Å². The molecule has 104 valence electrons. The molecule has 0 spiro atoms. The second kappa shape index (κ2) is 6.79. The largest absolute Gasteiger partial charge is 0.309 e. The smallest absolute Gasteiger partial charge is 0.0605 e. The molecule has 0 fully saturated rings. The number of halogens is 2. The van der Waals surface area contributed by atoms with Gasteiger partial charge in [-0.2, -0.15) is 0 Å². The molecule has 0 N–H and O–H groups in total. The van der Waals surface area contributed by atoms with Crippen molar-refractivity contribution in [3.8, 4) is 0 Å². The van der Waals surface area contributed by atoms with Crippen LogP contribution in [0.3, 0.4) is 0 Å². The van der Waals surface area contributed by atoms with Crippen molar-refractivity contribution in [3.63, 3.8) is 0 Å². The summed E-state index contributed by atoms with van der Waals surface area (Å²) in [6, 6.07) is 27.4. The zero-order chi connectivity index (χ0) is 14.7. The Kier molecular flexibility index (Phi) is 4.80. The molecule has 3 aromatic carbocycles. The molecular weight excluding hydrogens is 484 g/mol. The Balaban J connectivity index is 2.20. The first-order chi connectivity index (χ1) is 10.3. The van der Waals surface area contributed by atoms with Crippen molar-refractivity contribution in [2.75, 3.05) is 4.90 Å². The number of para-hydroxylation sites is 2. The molecule has 3 aromatic rings. The first-order valence-electron chi connectivity index (χ1n) is 6.61. The van der Waals surface area contributed by atoms with Crippen LogP contribution in [0.1, 0.15) is 0 Å². The molecule has 0 amide bonds. The van der Waals surface area contributed by atoms with E-state index in [9.17, 15) is 0 Å². The van der Waals surface area contributed by atoms with E-state index in [-0.39, 0.29) is 0 Å². The van der Waals surface area contributed by atoms with Crippen LogP contribution < -0.4 is 4.90 Å². The van der Waals surface area contributed by atoms with Crippen molar-refractivity contribution < 1.29 is 0 Å². The van der Waals surface area contributed by atoms with Gasteiger partial charge in [0, 0.05) is 14.9 Å². The molecule has 0 aliphatic rings. The molecule has 0 aliphatic heterocycles. The van der Waals surface area contributed by atoms with Gasteiger partial charge in [0.05, 0.1) is 9.26 Å². The molecular formula is C18H13I2N. The maximum atomic E-state index is 2.42. The molecule has 3 heteroatoms. The summed E-state index contributed by atoms with van der Waals surface area (Å²) in [5, 5.41) is 0. The lowest BCUT2D eigenvalue weighted by molar-refractivity contribution is 1.27. The van der Waals surface area contributed by atoms with Gasteiger partial charge in [-0.3, -0.25) is 0 Å². The zero-order valence-corrected chi connectivity index (χ0v) is 15.5. The summed E-state index contributed by atoms with van der Waals surface area (Å²) in [6.07, 6.45) is 0. The average Bonchev–Trinajstić information content (AvgIpc) is 2.54. The number of nitrogens with zero attached hydrogens (tertiary/aromatic N) is 1. The van der Waals surface area contributed by atoms with Crippen LogP contribution in [0.2, 0.25) is 0 Å². The van der Waals surface area contributed by atoms with Gasteiger partial charge in [0.25, 0.3) is 0 Å². The van der Waals surface area contributed by atoms with Crippen LogP contribution >= 0.6 is 45.2 Å². The topological polar surface area (TPSA) is 3.24 Å². The van der Waals surface area contributed by atoms with Gasteiger partial charge in [0.2, 0.25) is 0 Å². The van der Waals surface area contributed by atoms with Crippen LogP contribution in [0.15, 0.2) is 78.9 Å². The van der Waals surface area contributed by atoms with Crippen LogP contribution in [0.4, 0.5) is 17.1 Å². The lowest BCUT2D eigenvalue weighted by Crippen LogP contribution is -2.11. The van der Waals surface area contributed by atoms with Crippen LogP contribution in [0.25, 0.3) is 0 Å². The summed E-state index contributed by atoms with van der Waals surface area (Å²) in [7, 11) is 0. The van der Waals surface area contributed by atoms with Crippen LogP contribution in [0.5, 0.6) is 0 Å². The van der Waals surface area contributed by atoms with Gasteiger partial charge in [0.1, 0.15) is 0 Å². The number of hydrogen-bond acceptors (Lipinski definition) is 1. The van der Waals surface area contributed by atoms with E-state index in [0.717, 1.165) is 0 Å². The van der Waals surface area contributed by atoms with Gasteiger partial charge in [-0.1, -0.05) is 42.5 Å². The fourth-order valence-corrected chi connectivity index (χ4v) is 3.33. The van der Waals surface area contributed by atoms with Crippen LogP contribution in [-0.2, 0) is 0 Å². The van der Waals surface area contributed by atoms with E-state index < -0.39 is 0 Å². The summed E-state index contributed by atoms with van der Waals surface area (Å²) < 4.78 is 2.53. The Morgan fingerprint density at radius 3 is 1.62 bits per heavy atom. The summed E-state index contributed by atoms with van der Waals surface area (Å²) in [5.41, 5.74) is 3.55. The predicted octanol–water partition coefficient (Wildman–Crippen LogP) is 6.37. The molecule has 0 saturated heterocycles. The van der Waals surface area contributed by atoms with E-state index in [1.807, 2.05) is 12.1 Å². The molecule has 0 bridgehead atoms. The second-order valence-corrected chi connectivity index (χ2v) is 6.82. The third kappa shape index (κ3) is 3.23. The molecule has 0 aromatic heterocycles. The maximum absolute atomic E-state index is 2.42. The third-order valence-electron chi connectivity index (χ3n) is 3.20. The lowest BCUT2D eigenvalue weighted by atomic mass is 10.2. The molecule has 0 atom stereocenters. The minimum absolute atomic E-state index is 1.17. The summed E-state index contributed by atoms with van der Waals surface area (Å²) >= 11 is 4.81. The first kappa shape index (κ1) is 14.8. The number of anilines is 3. The average molecular weight is 497 g/mol. The molecule has 0 unspecified atom stereocenters. The monoisotopic (exact) mass is 497 g/mol. The van der Waals surface area contributed by atoms with Gasteiger partial charge >= 0.3 is 0 Å². The number of benzene rings is 3. The van der Waals surface area contributed by atoms with Crippen molar-refractivity contribution in [1.29, 1.82) is 0 Å². The molecule has 1 nitrogen and oxygen atoms in total. The van der Waals surface area contributed by atoms with Crippen molar-refractivity contribution in [3.05, 3.63) is 86.0 Å². The minimum Gasteiger partial charge on any atom is -0.309 e. The Bertz CT molecular complexity index is 687. The highest BCUT2D eigenvalue weighted by molar-refractivity contribution is 14.1. The van der Waals surface area contributed by atoms with Crippen molar-refractivity contribution in [2.45, 2.75) is 0 Å². The van der Waals surface area contributed by atoms with E-state index in [4.69, 9.17) is 0 Å². The Hall–Kier alpha value is -1.08. The SMILES string of the molecule is Ic1cccc(N(c2ccccc2)c2ccccc2)c1I. The van der Waals surface area contributed by atoms with E-state index in [2.05, 4.69) is 117 Å². The van der Waals surface area contributed by atoms with Gasteiger partial charge in [0.15, 0.2) is 0 Å². The standard InChI is InChI=1S/C18H13I2N/c19-16-12-7-13-17(18(16)20)21(14-8-3-1-4-9-14)15-10-5-2-6-11-15/h1-13H. The molecule has 0 aliphatic carbocycles. The lowest BCUT2D eigenvalue weighted by Gasteiger charge is -2.26. The van der Waals surface area contributed by atoms with E-state index in [1.165, 1.54) is 24.2 Å². The van der Waals surface area contributed by atoms with Gasteiger partial charge in [-0.25, -0.2) is 0 Å². The van der Waals surface area contributed by atoms with Crippen molar-refractivity contribution in [2.24, 2.45) is 0 Å². The first-order valence-corrected chi connectivity index (χ1v) is 8.77. The predicted molar refractivity (Wildman–Crippen MR) is 107 cm³/mol. The van der Waals surface area contributed by atoms with E-state index in [0.29, 0.717) is 0 Å². The van der Waals surface area contributed by atoms with Gasteiger partial charge in [-0.05, 0) is 81.6 Å². The highest BCUT2D eigenvalue weighted by Gasteiger charge is 2.15. The normalized spacial score (nSPS) is 10.4. The Morgan fingerprint density at radius 1 is 0.571 bits per heavy atom. The number of rotatable bonds is 3. The summed E-state index contributed by atoms with van der Waals surface area (Å²) in [6.45, 7) is 0. The summed E-state index contributed by atoms with van der Waals surface area (Å²) in [5.74, 6) is 0. The second-order valence-electron chi connectivity index (χ2n) is 4.58. The molecule has 3 rings (SSSR count). The quantitative estimate of drug-likeness (QED) is 0.381. The van der Waals surface area contributed by atoms with Crippen LogP contribution in [0, 0.1) is 7.14 Å². The van der Waals surface area contributed by atoms with Crippen molar-refractivity contribution in [1.82, 2.24) is 0 Å². The Morgan fingerprint density at radius 2 is 1.10 bits per heavy atom. The zero-order valence-electron chi connectivity index (χ0n) is 11.2. The highest BCUT2D eigenvalue weighted by atomic mass is 127.